The fraction of sp³-hybridized carbons (Fsp3) is 0.444. The summed E-state index contributed by atoms with van der Waals surface area (Å²) in [5.41, 5.74) is 0.655. The second kappa shape index (κ2) is 6.09. The molecule has 1 heterocycles. The molecule has 4 atom stereocenters. The van der Waals surface area contributed by atoms with Gasteiger partial charge in [0.25, 0.3) is 0 Å². The Bertz CT molecular complexity index is 709. The number of nitrogens with zero attached hydrogens (tertiary/aromatic N) is 1. The lowest BCUT2D eigenvalue weighted by Crippen LogP contribution is -2.51. The predicted molar refractivity (Wildman–Crippen MR) is 86.5 cm³/mol. The van der Waals surface area contributed by atoms with Crippen LogP contribution in [0.2, 0.25) is 5.02 Å². The molecule has 120 valence electrons. The summed E-state index contributed by atoms with van der Waals surface area (Å²) in [6, 6.07) is 7.19. The van der Waals surface area contributed by atoms with Gasteiger partial charge in [0.15, 0.2) is 0 Å². The standard InChI is InChI=1S/C18H18ClNO3/c1-11-16(21)8-14-9-17(11)22-23-18(14,2)6-5-13-4-3-12(10-20)7-15(13)19/h3-7,11,14,17H,8-9H2,1-2H3/b6-5+. The van der Waals surface area contributed by atoms with Crippen LogP contribution in [0.5, 0.6) is 0 Å². The van der Waals surface area contributed by atoms with E-state index in [4.69, 9.17) is 26.6 Å². The first-order chi connectivity index (χ1) is 10.9. The van der Waals surface area contributed by atoms with Crippen molar-refractivity contribution in [1.82, 2.24) is 0 Å². The minimum absolute atomic E-state index is 0.0957. The molecular formula is C18H18ClNO3. The minimum atomic E-state index is -0.663. The van der Waals surface area contributed by atoms with Gasteiger partial charge in [-0.15, -0.1) is 0 Å². The van der Waals surface area contributed by atoms with Crippen LogP contribution in [-0.4, -0.2) is 17.5 Å². The molecule has 0 amide bonds. The zero-order valence-electron chi connectivity index (χ0n) is 13.1. The van der Waals surface area contributed by atoms with E-state index < -0.39 is 5.60 Å². The highest BCUT2D eigenvalue weighted by Crippen LogP contribution is 2.43. The van der Waals surface area contributed by atoms with E-state index in [-0.39, 0.29) is 23.7 Å². The predicted octanol–water partition coefficient (Wildman–Crippen LogP) is 3.93. The number of benzene rings is 1. The van der Waals surface area contributed by atoms with Crippen LogP contribution < -0.4 is 0 Å². The maximum Gasteiger partial charge on any atom is 0.138 e. The van der Waals surface area contributed by atoms with Gasteiger partial charge < -0.3 is 0 Å². The van der Waals surface area contributed by atoms with Crippen molar-refractivity contribution in [3.05, 3.63) is 40.4 Å². The SMILES string of the molecule is CC1C(=O)CC2CC1OOC2(C)/C=C/c1ccc(C#N)cc1Cl. The molecule has 2 aliphatic rings. The van der Waals surface area contributed by atoms with Crippen molar-refractivity contribution >= 4 is 23.5 Å². The maximum absolute atomic E-state index is 12.1. The Kier molecular flexibility index (Phi) is 4.29. The van der Waals surface area contributed by atoms with Crippen molar-refractivity contribution in [3.8, 4) is 6.07 Å². The third kappa shape index (κ3) is 3.05. The summed E-state index contributed by atoms with van der Waals surface area (Å²) in [5, 5.41) is 9.38. The monoisotopic (exact) mass is 331 g/mol. The lowest BCUT2D eigenvalue weighted by Gasteiger charge is -2.45. The molecule has 1 saturated heterocycles. The van der Waals surface area contributed by atoms with E-state index in [9.17, 15) is 4.79 Å². The van der Waals surface area contributed by atoms with Gasteiger partial charge in [0.05, 0.1) is 11.6 Å². The fourth-order valence-corrected chi connectivity index (χ4v) is 3.39. The number of carbonyl (C=O) groups is 1. The number of fused-ring (bicyclic) bond motifs is 2. The van der Waals surface area contributed by atoms with E-state index in [1.807, 2.05) is 26.0 Å². The van der Waals surface area contributed by atoms with Gasteiger partial charge in [-0.1, -0.05) is 30.7 Å². The average Bonchev–Trinajstić information content (AvgIpc) is 2.54. The lowest BCUT2D eigenvalue weighted by atomic mass is 9.71. The van der Waals surface area contributed by atoms with Crippen molar-refractivity contribution in [2.24, 2.45) is 11.8 Å². The Morgan fingerprint density at radius 1 is 1.48 bits per heavy atom. The first kappa shape index (κ1) is 16.2. The molecule has 4 nitrogen and oxygen atoms in total. The van der Waals surface area contributed by atoms with Gasteiger partial charge in [0, 0.05) is 23.3 Å². The molecule has 0 N–H and O–H groups in total. The van der Waals surface area contributed by atoms with Crippen molar-refractivity contribution in [2.75, 3.05) is 0 Å². The Balaban J connectivity index is 1.82. The highest BCUT2D eigenvalue weighted by molar-refractivity contribution is 6.32. The number of hydrogen-bond acceptors (Lipinski definition) is 4. The number of halogens is 1. The molecule has 4 unspecified atom stereocenters. The largest absolute Gasteiger partial charge is 0.299 e. The number of rotatable bonds is 2. The molecule has 1 aliphatic heterocycles. The highest BCUT2D eigenvalue weighted by atomic mass is 35.5. The normalized spacial score (nSPS) is 33.7. The van der Waals surface area contributed by atoms with E-state index in [0.717, 1.165) is 12.0 Å². The molecule has 1 aromatic carbocycles. The van der Waals surface area contributed by atoms with Crippen LogP contribution in [0, 0.1) is 23.2 Å². The summed E-state index contributed by atoms with van der Waals surface area (Å²) in [7, 11) is 0. The van der Waals surface area contributed by atoms with Gasteiger partial charge >= 0.3 is 0 Å². The molecule has 2 bridgehead atoms. The van der Waals surface area contributed by atoms with E-state index in [1.54, 1.807) is 18.2 Å². The summed E-state index contributed by atoms with van der Waals surface area (Å²) in [5.74, 6) is 0.219. The lowest BCUT2D eigenvalue weighted by molar-refractivity contribution is -0.415. The second-order valence-corrected chi connectivity index (χ2v) is 6.88. The first-order valence-electron chi connectivity index (χ1n) is 7.69. The third-order valence-electron chi connectivity index (χ3n) is 4.92. The third-order valence-corrected chi connectivity index (χ3v) is 5.24. The molecule has 0 aromatic heterocycles. The molecule has 23 heavy (non-hydrogen) atoms. The molecule has 1 aliphatic carbocycles. The Hall–Kier alpha value is -1.67. The summed E-state index contributed by atoms with van der Waals surface area (Å²) in [6.45, 7) is 3.81. The van der Waals surface area contributed by atoms with Crippen molar-refractivity contribution < 1.29 is 14.6 Å². The topological polar surface area (TPSA) is 59.3 Å². The van der Waals surface area contributed by atoms with Crippen LogP contribution in [0.25, 0.3) is 6.08 Å². The molecule has 3 rings (SSSR count). The van der Waals surface area contributed by atoms with E-state index in [2.05, 4.69) is 6.07 Å². The second-order valence-electron chi connectivity index (χ2n) is 6.48. The smallest absolute Gasteiger partial charge is 0.138 e. The fourth-order valence-electron chi connectivity index (χ4n) is 3.15. The van der Waals surface area contributed by atoms with Gasteiger partial charge in [0.2, 0.25) is 0 Å². The van der Waals surface area contributed by atoms with Crippen LogP contribution in [0.4, 0.5) is 0 Å². The molecular weight excluding hydrogens is 314 g/mol. The molecule has 2 fully saturated rings. The van der Waals surface area contributed by atoms with Gasteiger partial charge in [-0.2, -0.15) is 5.26 Å². The summed E-state index contributed by atoms with van der Waals surface area (Å²) >= 11 is 6.19. The number of nitriles is 1. The molecule has 1 aromatic rings. The van der Waals surface area contributed by atoms with Crippen molar-refractivity contribution in [2.45, 2.75) is 38.4 Å². The van der Waals surface area contributed by atoms with Crippen molar-refractivity contribution in [1.29, 1.82) is 5.26 Å². The van der Waals surface area contributed by atoms with Gasteiger partial charge in [0.1, 0.15) is 17.5 Å². The highest BCUT2D eigenvalue weighted by Gasteiger charge is 2.48. The van der Waals surface area contributed by atoms with Gasteiger partial charge in [-0.05, 0) is 37.1 Å². The average molecular weight is 332 g/mol. The number of Topliss-reactive ketones (excluding diaryl/α,β-unsaturated/α-hetero) is 1. The van der Waals surface area contributed by atoms with Crippen molar-refractivity contribution in [3.63, 3.8) is 0 Å². The number of carbonyl (C=O) groups excluding carboxylic acids is 1. The summed E-state index contributed by atoms with van der Waals surface area (Å²) in [4.78, 5) is 23.2. The zero-order valence-corrected chi connectivity index (χ0v) is 13.8. The van der Waals surface area contributed by atoms with E-state index in [0.29, 0.717) is 17.0 Å². The minimum Gasteiger partial charge on any atom is -0.299 e. The molecule has 0 spiro atoms. The Labute approximate surface area is 140 Å². The quantitative estimate of drug-likeness (QED) is 0.770. The summed E-state index contributed by atoms with van der Waals surface area (Å²) in [6.07, 6.45) is 4.92. The van der Waals surface area contributed by atoms with Crippen LogP contribution in [-0.2, 0) is 14.6 Å². The number of ketones is 1. The van der Waals surface area contributed by atoms with Crippen LogP contribution in [0.3, 0.4) is 0 Å². The first-order valence-corrected chi connectivity index (χ1v) is 8.07. The summed E-state index contributed by atoms with van der Waals surface area (Å²) < 4.78 is 0. The zero-order chi connectivity index (χ0) is 16.6. The molecule has 1 saturated carbocycles. The Morgan fingerprint density at radius 2 is 2.26 bits per heavy atom. The van der Waals surface area contributed by atoms with Crippen LogP contribution in [0.15, 0.2) is 24.3 Å². The number of hydrogen-bond donors (Lipinski definition) is 0. The van der Waals surface area contributed by atoms with Gasteiger partial charge in [-0.3, -0.25) is 4.79 Å². The Morgan fingerprint density at radius 3 is 2.96 bits per heavy atom. The maximum atomic E-state index is 12.1. The van der Waals surface area contributed by atoms with E-state index >= 15 is 0 Å². The van der Waals surface area contributed by atoms with Gasteiger partial charge in [-0.25, -0.2) is 9.78 Å². The molecule has 0 radical (unpaired) electrons. The van der Waals surface area contributed by atoms with E-state index in [1.165, 1.54) is 0 Å². The molecule has 5 heteroatoms. The van der Waals surface area contributed by atoms with Crippen LogP contribution >= 0.6 is 11.6 Å². The van der Waals surface area contributed by atoms with Crippen LogP contribution in [0.1, 0.15) is 37.8 Å².